The molecule has 0 saturated heterocycles. The molecule has 0 aliphatic heterocycles. The van der Waals surface area contributed by atoms with E-state index in [0.717, 1.165) is 17.7 Å². The molecule has 1 aromatic carbocycles. The minimum absolute atomic E-state index is 0.134. The summed E-state index contributed by atoms with van der Waals surface area (Å²) < 4.78 is 16.3. The van der Waals surface area contributed by atoms with Crippen molar-refractivity contribution in [3.63, 3.8) is 0 Å². The Morgan fingerprint density at radius 1 is 1.16 bits per heavy atom. The monoisotopic (exact) mass is 445 g/mol. The molecular formula is C24H35NO5Si. The summed E-state index contributed by atoms with van der Waals surface area (Å²) in [6.45, 7) is 13.3. The number of nitrogens with zero attached hydrogens (tertiary/aromatic N) is 1. The van der Waals surface area contributed by atoms with Gasteiger partial charge in [0.05, 0.1) is 19.9 Å². The van der Waals surface area contributed by atoms with Crippen LogP contribution in [-0.2, 0) is 18.8 Å². The van der Waals surface area contributed by atoms with E-state index in [1.165, 1.54) is 7.11 Å². The van der Waals surface area contributed by atoms with E-state index in [-0.39, 0.29) is 10.8 Å². The van der Waals surface area contributed by atoms with E-state index < -0.39 is 19.7 Å². The van der Waals surface area contributed by atoms with Crippen LogP contribution in [0.3, 0.4) is 0 Å². The highest BCUT2D eigenvalue weighted by Gasteiger charge is 2.55. The Bertz CT molecular complexity index is 880. The van der Waals surface area contributed by atoms with Crippen molar-refractivity contribution < 1.29 is 23.5 Å². The Hall–Kier alpha value is -2.25. The van der Waals surface area contributed by atoms with Crippen LogP contribution in [-0.4, -0.2) is 47.1 Å². The van der Waals surface area contributed by atoms with Crippen LogP contribution >= 0.6 is 0 Å². The summed E-state index contributed by atoms with van der Waals surface area (Å²) in [5.74, 6) is -0.0464. The van der Waals surface area contributed by atoms with E-state index in [9.17, 15) is 9.59 Å². The van der Waals surface area contributed by atoms with Crippen LogP contribution in [0.5, 0.6) is 5.75 Å². The molecule has 7 heteroatoms. The van der Waals surface area contributed by atoms with Gasteiger partial charge < -0.3 is 13.9 Å². The van der Waals surface area contributed by atoms with Crippen molar-refractivity contribution in [3.05, 3.63) is 35.4 Å². The van der Waals surface area contributed by atoms with Crippen LogP contribution in [0.1, 0.15) is 40.5 Å². The second kappa shape index (κ2) is 9.49. The molecule has 1 atom stereocenters. The van der Waals surface area contributed by atoms with Gasteiger partial charge in [0, 0.05) is 18.4 Å². The molecule has 6 nitrogen and oxygen atoms in total. The number of ketones is 1. The number of hydrogen-bond donors (Lipinski definition) is 0. The first-order valence-electron chi connectivity index (χ1n) is 10.6. The van der Waals surface area contributed by atoms with Crippen molar-refractivity contribution in [1.29, 1.82) is 0 Å². The number of Topliss-reactive ketones (excluding diaryl/α,β-unsaturated/α-hetero) is 1. The molecule has 0 aromatic heterocycles. The summed E-state index contributed by atoms with van der Waals surface area (Å²) >= 11 is 0. The molecular weight excluding hydrogens is 410 g/mol. The molecule has 0 N–H and O–H groups in total. The lowest BCUT2D eigenvalue weighted by Gasteiger charge is -2.39. The number of esters is 1. The van der Waals surface area contributed by atoms with E-state index >= 15 is 0 Å². The Balaban J connectivity index is 2.19. The van der Waals surface area contributed by atoms with E-state index in [1.807, 2.05) is 12.1 Å². The number of hydrogen-bond acceptors (Lipinski definition) is 6. The lowest BCUT2D eigenvalue weighted by atomic mass is 9.62. The Morgan fingerprint density at radius 3 is 2.29 bits per heavy atom. The third kappa shape index (κ3) is 5.15. The second-order valence-corrected chi connectivity index (χ2v) is 14.3. The molecule has 0 fully saturated rings. The number of rotatable bonds is 9. The maximum Gasteiger partial charge on any atom is 0.323 e. The van der Waals surface area contributed by atoms with E-state index in [0.29, 0.717) is 24.3 Å². The molecule has 0 heterocycles. The van der Waals surface area contributed by atoms with Crippen molar-refractivity contribution in [3.8, 4) is 5.75 Å². The first kappa shape index (κ1) is 25.0. The van der Waals surface area contributed by atoms with Gasteiger partial charge in [-0.15, -0.1) is 0 Å². The number of allylic oxidation sites excluding steroid dienone is 1. The predicted octanol–water partition coefficient (Wildman–Crippen LogP) is 5.26. The Labute approximate surface area is 186 Å². The fourth-order valence-electron chi connectivity index (χ4n) is 3.29. The summed E-state index contributed by atoms with van der Waals surface area (Å²) in [5.41, 5.74) is 0.706. The van der Waals surface area contributed by atoms with Crippen molar-refractivity contribution >= 4 is 32.0 Å². The van der Waals surface area contributed by atoms with Crippen LogP contribution in [0.2, 0.25) is 18.1 Å². The van der Waals surface area contributed by atoms with Crippen molar-refractivity contribution in [1.82, 2.24) is 0 Å². The number of ether oxygens (including phenoxy) is 2. The minimum atomic E-state index is -1.84. The first-order chi connectivity index (χ1) is 14.4. The topological polar surface area (TPSA) is 74.2 Å². The van der Waals surface area contributed by atoms with E-state index in [1.54, 1.807) is 32.4 Å². The van der Waals surface area contributed by atoms with Crippen LogP contribution in [0.4, 0.5) is 5.69 Å². The largest absolute Gasteiger partial charge is 0.497 e. The highest BCUT2D eigenvalue weighted by atomic mass is 28.4. The Kier molecular flexibility index (Phi) is 7.65. The maximum absolute atomic E-state index is 12.8. The molecule has 0 spiro atoms. The smallest absolute Gasteiger partial charge is 0.323 e. The van der Waals surface area contributed by atoms with Crippen LogP contribution < -0.4 is 4.74 Å². The van der Waals surface area contributed by atoms with E-state index in [4.69, 9.17) is 13.9 Å². The van der Waals surface area contributed by atoms with Gasteiger partial charge in [0.15, 0.2) is 14.1 Å². The molecule has 31 heavy (non-hydrogen) atoms. The molecule has 0 amide bonds. The molecule has 0 radical (unpaired) electrons. The highest BCUT2D eigenvalue weighted by Crippen LogP contribution is 2.46. The predicted molar refractivity (Wildman–Crippen MR) is 126 cm³/mol. The van der Waals surface area contributed by atoms with Gasteiger partial charge in [-0.1, -0.05) is 20.8 Å². The van der Waals surface area contributed by atoms with E-state index in [2.05, 4.69) is 38.9 Å². The average Bonchev–Trinajstić information content (AvgIpc) is 2.73. The maximum atomic E-state index is 12.8. The quantitative estimate of drug-likeness (QED) is 0.170. The van der Waals surface area contributed by atoms with Gasteiger partial charge >= 0.3 is 5.97 Å². The molecule has 1 aliphatic rings. The van der Waals surface area contributed by atoms with Gasteiger partial charge in [-0.05, 0) is 67.7 Å². The Morgan fingerprint density at radius 2 is 1.77 bits per heavy atom. The molecule has 170 valence electrons. The van der Waals surface area contributed by atoms with Crippen molar-refractivity contribution in [2.75, 3.05) is 20.8 Å². The fourth-order valence-corrected chi connectivity index (χ4v) is 4.38. The van der Waals surface area contributed by atoms with Crippen LogP contribution in [0.15, 0.2) is 40.4 Å². The number of carbonyl (C=O) groups excluding carboxylic acids is 2. The fraction of sp³-hybridized carbons (Fsp3) is 0.542. The zero-order valence-corrected chi connectivity index (χ0v) is 21.0. The third-order valence-corrected chi connectivity index (χ3v) is 11.0. The summed E-state index contributed by atoms with van der Waals surface area (Å²) in [5, 5.41) is 0.134. The molecule has 1 aliphatic carbocycles. The zero-order chi connectivity index (χ0) is 23.4. The van der Waals surface area contributed by atoms with Crippen LogP contribution in [0.25, 0.3) is 0 Å². The number of benzene rings is 1. The highest BCUT2D eigenvalue weighted by molar-refractivity contribution is 6.74. The van der Waals surface area contributed by atoms with Gasteiger partial charge in [-0.25, -0.2) is 0 Å². The van der Waals surface area contributed by atoms with Gasteiger partial charge in [-0.3, -0.25) is 14.6 Å². The lowest BCUT2D eigenvalue weighted by Crippen LogP contribution is -2.49. The van der Waals surface area contributed by atoms with Gasteiger partial charge in [0.2, 0.25) is 0 Å². The standard InChI is InChI=1S/C24H35NO5Si/c1-23(2,3)31(7,8)30-15-9-10-20-19(21(26)24(20,4)22(27)29-6)16-25-17-11-13-18(28-5)14-12-17/h11-14,16H,9-10,15H2,1-8H3. The SMILES string of the molecule is COC(=O)C1(C)C(=O)C(C=Nc2ccc(OC)cc2)=C1CCCO[Si](C)(C)C(C)(C)C. The lowest BCUT2D eigenvalue weighted by molar-refractivity contribution is -0.155. The molecule has 0 saturated carbocycles. The molecule has 2 rings (SSSR count). The molecule has 1 unspecified atom stereocenters. The normalized spacial score (nSPS) is 19.5. The van der Waals surface area contributed by atoms with Crippen LogP contribution in [0, 0.1) is 5.41 Å². The second-order valence-electron chi connectivity index (χ2n) is 9.51. The van der Waals surface area contributed by atoms with Gasteiger partial charge in [0.25, 0.3) is 0 Å². The molecule has 0 bridgehead atoms. The summed E-state index contributed by atoms with van der Waals surface area (Å²) in [6, 6.07) is 7.24. The number of carbonyl (C=O) groups is 2. The summed E-state index contributed by atoms with van der Waals surface area (Å²) in [4.78, 5) is 29.7. The summed E-state index contributed by atoms with van der Waals surface area (Å²) in [7, 11) is 1.07. The zero-order valence-electron chi connectivity index (χ0n) is 20.0. The van der Waals surface area contributed by atoms with Crippen molar-refractivity contribution in [2.45, 2.75) is 58.7 Å². The van der Waals surface area contributed by atoms with Gasteiger partial charge in [-0.2, -0.15) is 0 Å². The number of aliphatic imine (C=N–C) groups is 1. The number of methoxy groups -OCH3 is 2. The van der Waals surface area contributed by atoms with Crippen molar-refractivity contribution in [2.24, 2.45) is 10.4 Å². The molecule has 1 aromatic rings. The average molecular weight is 446 g/mol. The van der Waals surface area contributed by atoms with Gasteiger partial charge in [0.1, 0.15) is 11.2 Å². The first-order valence-corrected chi connectivity index (χ1v) is 13.5. The minimum Gasteiger partial charge on any atom is -0.497 e. The summed E-state index contributed by atoms with van der Waals surface area (Å²) in [6.07, 6.45) is 2.86. The third-order valence-electron chi connectivity index (χ3n) is 6.48.